The Morgan fingerprint density at radius 1 is 1.17 bits per heavy atom. The van der Waals surface area contributed by atoms with Gasteiger partial charge in [-0.15, -0.1) is 11.3 Å². The van der Waals surface area contributed by atoms with E-state index < -0.39 is 0 Å². The van der Waals surface area contributed by atoms with Gasteiger partial charge in [0.2, 0.25) is 11.8 Å². The third-order valence-corrected chi connectivity index (χ3v) is 6.50. The van der Waals surface area contributed by atoms with Gasteiger partial charge in [-0.05, 0) is 38.4 Å². The monoisotopic (exact) mass is 412 g/mol. The van der Waals surface area contributed by atoms with Crippen LogP contribution >= 0.6 is 11.3 Å². The first-order valence-corrected chi connectivity index (χ1v) is 11.3. The average Bonchev–Trinajstić information content (AvgIpc) is 3.31. The van der Waals surface area contributed by atoms with Crippen molar-refractivity contribution >= 4 is 28.3 Å². The van der Waals surface area contributed by atoms with Gasteiger partial charge < -0.3 is 10.2 Å². The maximum atomic E-state index is 12.7. The molecule has 2 aliphatic rings. The van der Waals surface area contributed by atoms with Gasteiger partial charge in [0.15, 0.2) is 5.13 Å². The fourth-order valence-electron chi connectivity index (χ4n) is 4.01. The number of hydrogen-bond acceptors (Lipinski definition) is 5. The zero-order valence-corrected chi connectivity index (χ0v) is 17.7. The van der Waals surface area contributed by atoms with Gasteiger partial charge in [0.05, 0.1) is 11.6 Å². The van der Waals surface area contributed by atoms with Crippen molar-refractivity contribution in [1.29, 1.82) is 0 Å². The van der Waals surface area contributed by atoms with Crippen LogP contribution in [-0.2, 0) is 22.7 Å². The maximum absolute atomic E-state index is 12.7. The predicted octanol–water partition coefficient (Wildman–Crippen LogP) is 3.42. The van der Waals surface area contributed by atoms with E-state index in [9.17, 15) is 9.59 Å². The van der Waals surface area contributed by atoms with Crippen molar-refractivity contribution in [2.75, 3.05) is 25.0 Å². The zero-order valence-electron chi connectivity index (χ0n) is 16.9. The van der Waals surface area contributed by atoms with Gasteiger partial charge >= 0.3 is 0 Å². The van der Waals surface area contributed by atoms with Gasteiger partial charge in [0.25, 0.3) is 0 Å². The molecule has 0 aliphatic carbocycles. The summed E-state index contributed by atoms with van der Waals surface area (Å²) in [5, 5.41) is 5.58. The highest BCUT2D eigenvalue weighted by atomic mass is 32.1. The summed E-state index contributed by atoms with van der Waals surface area (Å²) in [5.41, 5.74) is 3.30. The minimum Gasteiger partial charge on any atom is -0.338 e. The number of thiazole rings is 1. The fourth-order valence-corrected chi connectivity index (χ4v) is 4.71. The lowest BCUT2D eigenvalue weighted by atomic mass is 10.1. The Hall–Kier alpha value is -2.25. The van der Waals surface area contributed by atoms with Crippen molar-refractivity contribution in [2.45, 2.75) is 45.7 Å². The molecule has 2 aromatic rings. The molecule has 2 aliphatic heterocycles. The molecular formula is C22H28N4O2S. The Labute approximate surface area is 175 Å². The number of carbonyl (C=O) groups excluding carboxylic acids is 2. The quantitative estimate of drug-likeness (QED) is 0.790. The van der Waals surface area contributed by atoms with E-state index in [1.807, 2.05) is 36.6 Å². The summed E-state index contributed by atoms with van der Waals surface area (Å²) in [7, 11) is 0. The highest BCUT2D eigenvalue weighted by Crippen LogP contribution is 2.24. The van der Waals surface area contributed by atoms with Gasteiger partial charge in [-0.25, -0.2) is 4.98 Å². The minimum absolute atomic E-state index is 0.0376. The number of amides is 2. The Kier molecular flexibility index (Phi) is 6.25. The van der Waals surface area contributed by atoms with E-state index in [1.165, 1.54) is 36.2 Å². The molecule has 29 heavy (non-hydrogen) atoms. The topological polar surface area (TPSA) is 65.5 Å². The zero-order chi connectivity index (χ0) is 20.2. The van der Waals surface area contributed by atoms with Crippen molar-refractivity contribution in [2.24, 2.45) is 5.92 Å². The van der Waals surface area contributed by atoms with Crippen molar-refractivity contribution in [3.8, 4) is 0 Å². The number of likely N-dealkylation sites (tertiary alicyclic amines) is 2. The molecule has 1 aromatic carbocycles. The van der Waals surface area contributed by atoms with E-state index in [2.05, 4.69) is 15.2 Å². The van der Waals surface area contributed by atoms with E-state index in [0.717, 1.165) is 30.9 Å². The smallest absolute Gasteiger partial charge is 0.231 e. The molecule has 0 radical (unpaired) electrons. The number of anilines is 1. The molecule has 6 nitrogen and oxygen atoms in total. The SMILES string of the molecule is Cc1ccc(CN2C[C@H](C(=O)Nc3nc(CN4CCCCC4)cs3)CC2=O)cc1. The summed E-state index contributed by atoms with van der Waals surface area (Å²) in [5.74, 6) is -0.387. The molecule has 0 saturated carbocycles. The minimum atomic E-state index is -0.317. The van der Waals surface area contributed by atoms with E-state index in [1.54, 1.807) is 4.90 Å². The first-order chi connectivity index (χ1) is 14.1. The van der Waals surface area contributed by atoms with Crippen LogP contribution in [0.25, 0.3) is 0 Å². The Morgan fingerprint density at radius 2 is 1.93 bits per heavy atom. The molecule has 3 heterocycles. The molecule has 0 bridgehead atoms. The lowest BCUT2D eigenvalue weighted by Gasteiger charge is -2.25. The average molecular weight is 413 g/mol. The lowest BCUT2D eigenvalue weighted by molar-refractivity contribution is -0.128. The predicted molar refractivity (Wildman–Crippen MR) is 115 cm³/mol. The van der Waals surface area contributed by atoms with Crippen molar-refractivity contribution in [3.05, 3.63) is 46.5 Å². The number of aromatic nitrogens is 1. The third-order valence-electron chi connectivity index (χ3n) is 5.70. The van der Waals surface area contributed by atoms with Crippen LogP contribution in [0.2, 0.25) is 0 Å². The number of nitrogens with one attached hydrogen (secondary N) is 1. The van der Waals surface area contributed by atoms with Crippen LogP contribution in [0, 0.1) is 12.8 Å². The molecule has 1 atom stereocenters. The van der Waals surface area contributed by atoms with Gasteiger partial charge in [-0.2, -0.15) is 0 Å². The molecule has 1 aromatic heterocycles. The van der Waals surface area contributed by atoms with Crippen LogP contribution in [-0.4, -0.2) is 46.2 Å². The molecule has 154 valence electrons. The number of carbonyl (C=O) groups is 2. The fraction of sp³-hybridized carbons (Fsp3) is 0.500. The van der Waals surface area contributed by atoms with Gasteiger partial charge in [-0.1, -0.05) is 36.2 Å². The summed E-state index contributed by atoms with van der Waals surface area (Å²) < 4.78 is 0. The standard InChI is InChI=1S/C22H28N4O2S/c1-16-5-7-17(8-6-16)12-26-13-18(11-20(26)27)21(28)24-22-23-19(15-29-22)14-25-9-3-2-4-10-25/h5-8,15,18H,2-4,9-14H2,1H3,(H,23,24,28)/t18-/m1/s1. The Balaban J connectivity index is 1.29. The molecule has 2 fully saturated rings. The molecule has 7 heteroatoms. The van der Waals surface area contributed by atoms with Crippen molar-refractivity contribution in [3.63, 3.8) is 0 Å². The summed E-state index contributed by atoms with van der Waals surface area (Å²) in [6.07, 6.45) is 4.09. The van der Waals surface area contributed by atoms with Crippen LogP contribution < -0.4 is 5.32 Å². The van der Waals surface area contributed by atoms with Gasteiger partial charge in [0, 0.05) is 31.4 Å². The second-order valence-corrected chi connectivity index (χ2v) is 8.99. The number of aryl methyl sites for hydroxylation is 1. The largest absolute Gasteiger partial charge is 0.338 e. The van der Waals surface area contributed by atoms with Crippen LogP contribution in [0.5, 0.6) is 0 Å². The van der Waals surface area contributed by atoms with E-state index in [-0.39, 0.29) is 24.2 Å². The molecule has 4 rings (SSSR count). The highest BCUT2D eigenvalue weighted by Gasteiger charge is 2.34. The van der Waals surface area contributed by atoms with E-state index in [0.29, 0.717) is 18.2 Å². The molecule has 0 unspecified atom stereocenters. The number of piperidine rings is 1. The summed E-state index contributed by atoms with van der Waals surface area (Å²) in [6, 6.07) is 8.17. The van der Waals surface area contributed by atoms with Crippen LogP contribution in [0.4, 0.5) is 5.13 Å². The number of benzene rings is 1. The normalized spacial score (nSPS) is 20.2. The third kappa shape index (κ3) is 5.22. The molecule has 0 spiro atoms. The Bertz CT molecular complexity index is 858. The molecular weight excluding hydrogens is 384 g/mol. The van der Waals surface area contributed by atoms with Crippen molar-refractivity contribution < 1.29 is 9.59 Å². The van der Waals surface area contributed by atoms with E-state index >= 15 is 0 Å². The lowest BCUT2D eigenvalue weighted by Crippen LogP contribution is -2.29. The van der Waals surface area contributed by atoms with Crippen molar-refractivity contribution in [1.82, 2.24) is 14.8 Å². The molecule has 2 amide bonds. The number of nitrogens with zero attached hydrogens (tertiary/aromatic N) is 3. The molecule has 2 saturated heterocycles. The number of rotatable bonds is 6. The van der Waals surface area contributed by atoms with E-state index in [4.69, 9.17) is 0 Å². The number of hydrogen-bond donors (Lipinski definition) is 1. The van der Waals surface area contributed by atoms with Crippen LogP contribution in [0.3, 0.4) is 0 Å². The maximum Gasteiger partial charge on any atom is 0.231 e. The highest BCUT2D eigenvalue weighted by molar-refractivity contribution is 7.13. The summed E-state index contributed by atoms with van der Waals surface area (Å²) in [6.45, 7) is 6.16. The first-order valence-electron chi connectivity index (χ1n) is 10.4. The van der Waals surface area contributed by atoms with Gasteiger partial charge in [0.1, 0.15) is 0 Å². The van der Waals surface area contributed by atoms with Gasteiger partial charge in [-0.3, -0.25) is 14.5 Å². The molecule has 1 N–H and O–H groups in total. The second-order valence-electron chi connectivity index (χ2n) is 8.13. The summed E-state index contributed by atoms with van der Waals surface area (Å²) in [4.78, 5) is 33.8. The van der Waals surface area contributed by atoms with Crippen LogP contribution in [0.15, 0.2) is 29.6 Å². The Morgan fingerprint density at radius 3 is 2.69 bits per heavy atom. The van der Waals surface area contributed by atoms with Crippen LogP contribution in [0.1, 0.15) is 42.5 Å². The summed E-state index contributed by atoms with van der Waals surface area (Å²) >= 11 is 1.46. The second kappa shape index (κ2) is 9.05. The first kappa shape index (κ1) is 20.0.